The lowest BCUT2D eigenvalue weighted by molar-refractivity contribution is -0.135. The minimum absolute atomic E-state index is 0.0419. The van der Waals surface area contributed by atoms with Crippen molar-refractivity contribution in [3.05, 3.63) is 17.8 Å². The predicted molar refractivity (Wildman–Crippen MR) is 78.1 cm³/mol. The highest BCUT2D eigenvalue weighted by atomic mass is 16.5. The molecule has 2 amide bonds. The molecule has 2 saturated heterocycles. The first-order valence-electron chi connectivity index (χ1n) is 7.52. The van der Waals surface area contributed by atoms with Gasteiger partial charge in [-0.3, -0.25) is 9.59 Å². The number of ether oxygens (including phenoxy) is 1. The van der Waals surface area contributed by atoms with Crippen molar-refractivity contribution in [2.24, 2.45) is 5.92 Å². The smallest absolute Gasteiger partial charge is 0.233 e. The maximum atomic E-state index is 12.4. The zero-order chi connectivity index (χ0) is 15.7. The van der Waals surface area contributed by atoms with Gasteiger partial charge in [0.05, 0.1) is 18.2 Å². The van der Waals surface area contributed by atoms with Crippen LogP contribution in [-0.2, 0) is 9.59 Å². The number of likely N-dealkylation sites (tertiary alicyclic amines) is 2. The topological polar surface area (TPSA) is 75.6 Å². The molecule has 0 aliphatic carbocycles. The molecule has 118 valence electrons. The molecule has 2 aliphatic rings. The first-order valence-corrected chi connectivity index (χ1v) is 7.52. The number of aryl methyl sites for hydroxylation is 1. The van der Waals surface area contributed by atoms with E-state index in [2.05, 4.69) is 10.2 Å². The van der Waals surface area contributed by atoms with Gasteiger partial charge in [-0.2, -0.15) is 5.10 Å². The second-order valence-electron chi connectivity index (χ2n) is 6.00. The van der Waals surface area contributed by atoms with Gasteiger partial charge in [0.1, 0.15) is 6.10 Å². The number of carbonyl (C=O) groups is 2. The lowest BCUT2D eigenvalue weighted by atomic mass is 10.1. The summed E-state index contributed by atoms with van der Waals surface area (Å²) in [5.41, 5.74) is 0.839. The molecule has 0 spiro atoms. The molecule has 2 atom stereocenters. The Morgan fingerprint density at radius 3 is 2.77 bits per heavy atom. The first-order chi connectivity index (χ1) is 10.5. The number of hydrogen-bond donors (Lipinski definition) is 0. The molecule has 2 unspecified atom stereocenters. The Hall–Kier alpha value is -2.18. The van der Waals surface area contributed by atoms with Crippen LogP contribution in [-0.4, -0.2) is 64.6 Å². The lowest BCUT2D eigenvalue weighted by Gasteiger charge is -2.20. The number of aromatic nitrogens is 2. The van der Waals surface area contributed by atoms with Gasteiger partial charge in [-0.1, -0.05) is 0 Å². The fourth-order valence-electron chi connectivity index (χ4n) is 2.93. The number of amides is 2. The Balaban J connectivity index is 1.54. The van der Waals surface area contributed by atoms with E-state index in [1.807, 2.05) is 13.0 Å². The molecule has 2 aliphatic heterocycles. The van der Waals surface area contributed by atoms with Crippen LogP contribution in [0.15, 0.2) is 12.1 Å². The summed E-state index contributed by atoms with van der Waals surface area (Å²) >= 11 is 0. The summed E-state index contributed by atoms with van der Waals surface area (Å²) in [5, 5.41) is 7.94. The maximum Gasteiger partial charge on any atom is 0.233 e. The largest absolute Gasteiger partial charge is 0.471 e. The molecule has 2 fully saturated rings. The van der Waals surface area contributed by atoms with Gasteiger partial charge >= 0.3 is 0 Å². The number of nitrogens with zero attached hydrogens (tertiary/aromatic N) is 4. The molecule has 0 saturated carbocycles. The van der Waals surface area contributed by atoms with Crippen molar-refractivity contribution < 1.29 is 14.3 Å². The van der Waals surface area contributed by atoms with Gasteiger partial charge in [0.15, 0.2) is 0 Å². The summed E-state index contributed by atoms with van der Waals surface area (Å²) in [6.45, 7) is 3.59. The quantitative estimate of drug-likeness (QED) is 0.800. The summed E-state index contributed by atoms with van der Waals surface area (Å²) in [6.07, 6.45) is 1.04. The fraction of sp³-hybridized carbons (Fsp3) is 0.600. The Labute approximate surface area is 129 Å². The molecule has 7 nitrogen and oxygen atoms in total. The summed E-state index contributed by atoms with van der Waals surface area (Å²) in [4.78, 5) is 27.4. The van der Waals surface area contributed by atoms with E-state index >= 15 is 0 Å². The zero-order valence-electron chi connectivity index (χ0n) is 12.9. The maximum absolute atomic E-state index is 12.4. The number of rotatable bonds is 3. The van der Waals surface area contributed by atoms with Gasteiger partial charge in [-0.25, -0.2) is 0 Å². The van der Waals surface area contributed by atoms with Crippen LogP contribution >= 0.6 is 0 Å². The van der Waals surface area contributed by atoms with Crippen LogP contribution in [0, 0.1) is 12.8 Å². The van der Waals surface area contributed by atoms with Gasteiger partial charge in [-0.05, 0) is 13.0 Å². The summed E-state index contributed by atoms with van der Waals surface area (Å²) in [6, 6.07) is 3.64. The Morgan fingerprint density at radius 2 is 2.14 bits per heavy atom. The van der Waals surface area contributed by atoms with Crippen molar-refractivity contribution in [3.63, 3.8) is 0 Å². The lowest BCUT2D eigenvalue weighted by Crippen LogP contribution is -2.36. The molecule has 7 heteroatoms. The van der Waals surface area contributed by atoms with Gasteiger partial charge in [0, 0.05) is 39.0 Å². The Morgan fingerprint density at radius 1 is 1.32 bits per heavy atom. The highest BCUT2D eigenvalue weighted by molar-refractivity contribution is 5.89. The standard InChI is InChI=1S/C15H20N4O3/c1-10-3-4-13(17-16-10)22-12-5-6-19(9-12)15(21)11-7-14(20)18(2)8-11/h3-4,11-12H,5-9H2,1-2H3. The molecule has 0 radical (unpaired) electrons. The van der Waals surface area contributed by atoms with E-state index < -0.39 is 0 Å². The molecular formula is C15H20N4O3. The Bertz CT molecular complexity index is 575. The van der Waals surface area contributed by atoms with Crippen molar-refractivity contribution >= 4 is 11.8 Å². The fourth-order valence-corrected chi connectivity index (χ4v) is 2.93. The third-order valence-corrected chi connectivity index (χ3v) is 4.21. The molecule has 1 aromatic rings. The highest BCUT2D eigenvalue weighted by Gasteiger charge is 2.37. The monoisotopic (exact) mass is 304 g/mol. The van der Waals surface area contributed by atoms with Crippen LogP contribution in [0.4, 0.5) is 0 Å². The minimum atomic E-state index is -0.213. The van der Waals surface area contributed by atoms with Crippen LogP contribution < -0.4 is 4.74 Å². The summed E-state index contributed by atoms with van der Waals surface area (Å²) in [5.74, 6) is 0.371. The summed E-state index contributed by atoms with van der Waals surface area (Å²) in [7, 11) is 1.74. The molecule has 22 heavy (non-hydrogen) atoms. The van der Waals surface area contributed by atoms with Gasteiger partial charge < -0.3 is 14.5 Å². The molecule has 0 aromatic carbocycles. The van der Waals surface area contributed by atoms with Crippen LogP contribution in [0.25, 0.3) is 0 Å². The van der Waals surface area contributed by atoms with Gasteiger partial charge in [0.2, 0.25) is 17.7 Å². The molecule has 1 aromatic heterocycles. The molecular weight excluding hydrogens is 284 g/mol. The molecule has 3 heterocycles. The number of carbonyl (C=O) groups excluding carboxylic acids is 2. The normalized spacial score (nSPS) is 24.9. The van der Waals surface area contributed by atoms with Crippen LogP contribution in [0.1, 0.15) is 18.5 Å². The van der Waals surface area contributed by atoms with E-state index in [4.69, 9.17) is 4.74 Å². The van der Waals surface area contributed by atoms with Crippen molar-refractivity contribution in [2.75, 3.05) is 26.7 Å². The summed E-state index contributed by atoms with van der Waals surface area (Å²) < 4.78 is 5.77. The van der Waals surface area contributed by atoms with E-state index in [1.54, 1.807) is 22.9 Å². The average molecular weight is 304 g/mol. The predicted octanol–water partition coefficient (Wildman–Crippen LogP) is 0.243. The van der Waals surface area contributed by atoms with Gasteiger partial charge in [-0.15, -0.1) is 5.10 Å². The van der Waals surface area contributed by atoms with Gasteiger partial charge in [0.25, 0.3) is 0 Å². The van der Waals surface area contributed by atoms with E-state index in [9.17, 15) is 9.59 Å². The van der Waals surface area contributed by atoms with E-state index in [1.165, 1.54) is 0 Å². The molecule has 0 N–H and O–H groups in total. The average Bonchev–Trinajstić information content (AvgIpc) is 3.08. The highest BCUT2D eigenvalue weighted by Crippen LogP contribution is 2.22. The zero-order valence-corrected chi connectivity index (χ0v) is 12.9. The first kappa shape index (κ1) is 14.7. The minimum Gasteiger partial charge on any atom is -0.471 e. The van der Waals surface area contributed by atoms with Crippen molar-refractivity contribution in [2.45, 2.75) is 25.9 Å². The SMILES string of the molecule is Cc1ccc(OC2CCN(C(=O)C3CC(=O)N(C)C3)C2)nn1. The third kappa shape index (κ3) is 3.03. The number of hydrogen-bond acceptors (Lipinski definition) is 5. The van der Waals surface area contributed by atoms with E-state index in [0.717, 1.165) is 12.1 Å². The van der Waals surface area contributed by atoms with Crippen LogP contribution in [0.2, 0.25) is 0 Å². The van der Waals surface area contributed by atoms with Crippen molar-refractivity contribution in [1.82, 2.24) is 20.0 Å². The van der Waals surface area contributed by atoms with Crippen molar-refractivity contribution in [1.29, 1.82) is 0 Å². The Kier molecular flexibility index (Phi) is 3.96. The second-order valence-corrected chi connectivity index (χ2v) is 6.00. The van der Waals surface area contributed by atoms with E-state index in [0.29, 0.717) is 31.9 Å². The third-order valence-electron chi connectivity index (χ3n) is 4.21. The molecule has 3 rings (SSSR count). The van der Waals surface area contributed by atoms with Crippen molar-refractivity contribution in [3.8, 4) is 5.88 Å². The molecule has 0 bridgehead atoms. The van der Waals surface area contributed by atoms with Crippen LogP contribution in [0.5, 0.6) is 5.88 Å². The second kappa shape index (κ2) is 5.90. The van der Waals surface area contributed by atoms with Crippen LogP contribution in [0.3, 0.4) is 0 Å². The van der Waals surface area contributed by atoms with E-state index in [-0.39, 0.29) is 23.8 Å².